The Labute approximate surface area is 126 Å². The van der Waals surface area contributed by atoms with Crippen LogP contribution in [0.5, 0.6) is 0 Å². The third-order valence-corrected chi connectivity index (χ3v) is 3.53. The van der Waals surface area contributed by atoms with E-state index in [9.17, 15) is 4.79 Å². The lowest BCUT2D eigenvalue weighted by molar-refractivity contribution is -0.124. The van der Waals surface area contributed by atoms with E-state index in [1.807, 2.05) is 24.6 Å². The minimum absolute atomic E-state index is 0.0298. The van der Waals surface area contributed by atoms with E-state index in [-0.39, 0.29) is 11.9 Å². The molecule has 2 rings (SSSR count). The number of carbonyl (C=O) groups is 1. The topological polar surface area (TPSA) is 64.7 Å². The minimum atomic E-state index is -0.312. The largest absolute Gasteiger partial charge is 0.354 e. The van der Waals surface area contributed by atoms with E-state index in [1.165, 1.54) is 0 Å². The number of nitrogens with one attached hydrogen (secondary N) is 1. The summed E-state index contributed by atoms with van der Waals surface area (Å²) in [4.78, 5) is 12.0. The van der Waals surface area contributed by atoms with Crippen molar-refractivity contribution >= 4 is 21.8 Å². The summed E-state index contributed by atoms with van der Waals surface area (Å²) < 4.78 is 4.43. The molecule has 0 aliphatic heterocycles. The average Bonchev–Trinajstić information content (AvgIpc) is 3.03. The SMILES string of the molecule is Cc1ccnn1CCCNC(=O)C(C)n1cc(Br)cn1. The lowest BCUT2D eigenvalue weighted by atomic mass is 10.3. The predicted molar refractivity (Wildman–Crippen MR) is 79.2 cm³/mol. The molecule has 0 spiro atoms. The highest BCUT2D eigenvalue weighted by atomic mass is 79.9. The first kappa shape index (κ1) is 14.8. The number of aromatic nitrogens is 4. The molecule has 2 aromatic rings. The van der Waals surface area contributed by atoms with Gasteiger partial charge in [0.05, 0.1) is 10.7 Å². The van der Waals surface area contributed by atoms with Crippen LogP contribution in [0.4, 0.5) is 0 Å². The summed E-state index contributed by atoms with van der Waals surface area (Å²) in [6.45, 7) is 5.28. The monoisotopic (exact) mass is 339 g/mol. The molecule has 0 radical (unpaired) electrons. The molecule has 0 saturated carbocycles. The van der Waals surface area contributed by atoms with Crippen molar-refractivity contribution in [1.29, 1.82) is 0 Å². The maximum atomic E-state index is 12.0. The number of aryl methyl sites for hydroxylation is 2. The lowest BCUT2D eigenvalue weighted by Gasteiger charge is -2.12. The molecule has 108 valence electrons. The van der Waals surface area contributed by atoms with E-state index in [0.29, 0.717) is 6.54 Å². The van der Waals surface area contributed by atoms with Crippen molar-refractivity contribution in [3.63, 3.8) is 0 Å². The zero-order valence-corrected chi connectivity index (χ0v) is 13.2. The second kappa shape index (κ2) is 6.69. The number of rotatable bonds is 6. The van der Waals surface area contributed by atoms with Gasteiger partial charge >= 0.3 is 0 Å². The molecule has 6 nitrogen and oxygen atoms in total. The summed E-state index contributed by atoms with van der Waals surface area (Å²) in [5.74, 6) is -0.0298. The molecule has 0 bridgehead atoms. The first-order valence-corrected chi connectivity index (χ1v) is 7.33. The van der Waals surface area contributed by atoms with Crippen LogP contribution in [0.15, 0.2) is 29.1 Å². The number of hydrogen-bond acceptors (Lipinski definition) is 3. The maximum Gasteiger partial charge on any atom is 0.244 e. The Kier molecular flexibility index (Phi) is 4.94. The molecule has 0 aromatic carbocycles. The molecule has 1 N–H and O–H groups in total. The summed E-state index contributed by atoms with van der Waals surface area (Å²) in [6, 6.07) is 1.66. The van der Waals surface area contributed by atoms with Gasteiger partial charge in [-0.1, -0.05) is 0 Å². The molecule has 1 atom stereocenters. The van der Waals surface area contributed by atoms with Crippen molar-refractivity contribution in [3.8, 4) is 0 Å². The molecular weight excluding hydrogens is 322 g/mol. The molecule has 2 aromatic heterocycles. The number of halogens is 1. The minimum Gasteiger partial charge on any atom is -0.354 e. The fourth-order valence-corrected chi connectivity index (χ4v) is 2.17. The summed E-state index contributed by atoms with van der Waals surface area (Å²) in [5, 5.41) is 11.2. The van der Waals surface area contributed by atoms with Crippen molar-refractivity contribution in [2.75, 3.05) is 6.54 Å². The Morgan fingerprint density at radius 1 is 1.50 bits per heavy atom. The first-order valence-electron chi connectivity index (χ1n) is 6.53. The van der Waals surface area contributed by atoms with Gasteiger partial charge in [0.15, 0.2) is 0 Å². The standard InChI is InChI=1S/C13H18BrN5O/c1-10-4-6-16-18(10)7-3-5-15-13(20)11(2)19-9-12(14)8-17-19/h4,6,8-9,11H,3,5,7H2,1-2H3,(H,15,20). The number of hydrogen-bond donors (Lipinski definition) is 1. The third kappa shape index (κ3) is 3.69. The van der Waals surface area contributed by atoms with Crippen LogP contribution in [0.2, 0.25) is 0 Å². The molecule has 1 unspecified atom stereocenters. The number of carbonyl (C=O) groups excluding carboxylic acids is 1. The molecule has 7 heteroatoms. The zero-order valence-electron chi connectivity index (χ0n) is 11.6. The van der Waals surface area contributed by atoms with Gasteiger partial charge in [-0.15, -0.1) is 0 Å². The van der Waals surface area contributed by atoms with E-state index in [4.69, 9.17) is 0 Å². The molecule has 1 amide bonds. The van der Waals surface area contributed by atoms with Crippen molar-refractivity contribution in [2.45, 2.75) is 32.9 Å². The van der Waals surface area contributed by atoms with Crippen molar-refractivity contribution in [3.05, 3.63) is 34.8 Å². The summed E-state index contributed by atoms with van der Waals surface area (Å²) in [5.41, 5.74) is 1.13. The second-order valence-corrected chi connectivity index (χ2v) is 5.57. The van der Waals surface area contributed by atoms with Gasteiger partial charge in [-0.25, -0.2) is 0 Å². The second-order valence-electron chi connectivity index (χ2n) is 4.65. The van der Waals surface area contributed by atoms with E-state index in [0.717, 1.165) is 23.1 Å². The third-order valence-electron chi connectivity index (χ3n) is 3.12. The van der Waals surface area contributed by atoms with Crippen LogP contribution in [0.25, 0.3) is 0 Å². The van der Waals surface area contributed by atoms with E-state index >= 15 is 0 Å². The molecule has 0 aliphatic rings. The predicted octanol–water partition coefficient (Wildman–Crippen LogP) is 1.92. The van der Waals surface area contributed by atoms with Gasteiger partial charge in [-0.2, -0.15) is 10.2 Å². The fourth-order valence-electron chi connectivity index (χ4n) is 1.87. The van der Waals surface area contributed by atoms with Crippen LogP contribution in [0, 0.1) is 6.92 Å². The Morgan fingerprint density at radius 3 is 2.90 bits per heavy atom. The molecule has 20 heavy (non-hydrogen) atoms. The molecule has 0 aliphatic carbocycles. The van der Waals surface area contributed by atoms with Crippen LogP contribution >= 0.6 is 15.9 Å². The highest BCUT2D eigenvalue weighted by Gasteiger charge is 2.14. The van der Waals surface area contributed by atoms with E-state index in [2.05, 4.69) is 31.4 Å². The van der Waals surface area contributed by atoms with Crippen LogP contribution in [-0.2, 0) is 11.3 Å². The Morgan fingerprint density at radius 2 is 2.30 bits per heavy atom. The number of amides is 1. The highest BCUT2D eigenvalue weighted by Crippen LogP contribution is 2.11. The van der Waals surface area contributed by atoms with E-state index in [1.54, 1.807) is 23.3 Å². The fraction of sp³-hybridized carbons (Fsp3) is 0.462. The van der Waals surface area contributed by atoms with Crippen molar-refractivity contribution < 1.29 is 4.79 Å². The summed E-state index contributed by atoms with van der Waals surface area (Å²) in [7, 11) is 0. The van der Waals surface area contributed by atoms with Crippen molar-refractivity contribution in [2.24, 2.45) is 0 Å². The summed E-state index contributed by atoms with van der Waals surface area (Å²) in [6.07, 6.45) is 6.09. The van der Waals surface area contributed by atoms with Crippen LogP contribution in [-0.4, -0.2) is 32.0 Å². The Balaban J connectivity index is 1.74. The van der Waals surface area contributed by atoms with Gasteiger partial charge in [0.25, 0.3) is 0 Å². The zero-order chi connectivity index (χ0) is 14.5. The summed E-state index contributed by atoms with van der Waals surface area (Å²) >= 11 is 3.32. The maximum absolute atomic E-state index is 12.0. The molecular formula is C13H18BrN5O. The molecule has 0 saturated heterocycles. The molecule has 0 fully saturated rings. The van der Waals surface area contributed by atoms with Gasteiger partial charge in [0.2, 0.25) is 5.91 Å². The van der Waals surface area contributed by atoms with Gasteiger partial charge in [0.1, 0.15) is 6.04 Å². The molecule has 2 heterocycles. The van der Waals surface area contributed by atoms with Crippen molar-refractivity contribution in [1.82, 2.24) is 24.9 Å². The van der Waals surface area contributed by atoms with Gasteiger partial charge in [-0.05, 0) is 42.3 Å². The van der Waals surface area contributed by atoms with Crippen LogP contribution in [0.3, 0.4) is 0 Å². The quantitative estimate of drug-likeness (QED) is 0.817. The van der Waals surface area contributed by atoms with Crippen LogP contribution in [0.1, 0.15) is 25.1 Å². The van der Waals surface area contributed by atoms with Gasteiger partial charge in [0, 0.05) is 31.2 Å². The smallest absolute Gasteiger partial charge is 0.244 e. The normalized spacial score (nSPS) is 12.3. The average molecular weight is 340 g/mol. The van der Waals surface area contributed by atoms with Gasteiger partial charge in [-0.3, -0.25) is 14.2 Å². The first-order chi connectivity index (χ1) is 9.58. The van der Waals surface area contributed by atoms with E-state index < -0.39 is 0 Å². The van der Waals surface area contributed by atoms with Crippen LogP contribution < -0.4 is 5.32 Å². The lowest BCUT2D eigenvalue weighted by Crippen LogP contribution is -2.32. The highest BCUT2D eigenvalue weighted by molar-refractivity contribution is 9.10. The number of nitrogens with zero attached hydrogens (tertiary/aromatic N) is 4. The van der Waals surface area contributed by atoms with Gasteiger partial charge < -0.3 is 5.32 Å². The Bertz CT molecular complexity index is 577. The Hall–Kier alpha value is -1.63.